The van der Waals surface area contributed by atoms with E-state index >= 15 is 0 Å². The van der Waals surface area contributed by atoms with Crippen LogP contribution in [0.2, 0.25) is 5.04 Å². The Morgan fingerprint density at radius 2 is 1.62 bits per heavy atom. The summed E-state index contributed by atoms with van der Waals surface area (Å²) in [5.74, 6) is 1.52. The fraction of sp³-hybridized carbons (Fsp3) is 0.516. The van der Waals surface area contributed by atoms with Crippen molar-refractivity contribution in [3.05, 3.63) is 72.3 Å². The van der Waals surface area contributed by atoms with Crippen LogP contribution >= 0.6 is 0 Å². The molecule has 0 aliphatic heterocycles. The maximum atomic E-state index is 11.8. The summed E-state index contributed by atoms with van der Waals surface area (Å²) < 4.78 is 7.34. The lowest BCUT2D eigenvalue weighted by atomic mass is 9.69. The molecule has 2 aromatic rings. The molecule has 0 spiro atoms. The lowest BCUT2D eigenvalue weighted by Gasteiger charge is -2.45. The van der Waals surface area contributed by atoms with Gasteiger partial charge in [0.1, 0.15) is 6.29 Å². The number of carbonyl (C=O) groups excluding carboxylic acids is 1. The van der Waals surface area contributed by atoms with Crippen LogP contribution in [0.4, 0.5) is 0 Å². The van der Waals surface area contributed by atoms with Crippen molar-refractivity contribution in [3.8, 4) is 0 Å². The summed E-state index contributed by atoms with van der Waals surface area (Å²) in [6, 6.07) is 21.6. The Bertz CT molecular complexity index is 905. The molecule has 0 saturated heterocycles. The summed E-state index contributed by atoms with van der Waals surface area (Å²) in [5, 5.41) is 2.51. The molecule has 3 heteroatoms. The Hall–Kier alpha value is -1.97. The van der Waals surface area contributed by atoms with Gasteiger partial charge < -0.3 is 9.22 Å². The maximum Gasteiger partial charge on any atom is 0.261 e. The van der Waals surface area contributed by atoms with Gasteiger partial charge in [0.15, 0.2) is 0 Å². The third-order valence-corrected chi connectivity index (χ3v) is 13.3. The summed E-state index contributed by atoms with van der Waals surface area (Å²) in [6.45, 7) is 6.95. The van der Waals surface area contributed by atoms with Crippen molar-refractivity contribution >= 4 is 25.0 Å². The Morgan fingerprint density at radius 1 is 0.971 bits per heavy atom. The monoisotopic (exact) mass is 474 g/mol. The third-order valence-electron chi connectivity index (χ3n) is 8.19. The summed E-state index contributed by atoms with van der Waals surface area (Å²) in [5.41, 5.74) is 1.72. The summed E-state index contributed by atoms with van der Waals surface area (Å²) in [6.07, 6.45) is 14.1. The first-order chi connectivity index (χ1) is 16.5. The van der Waals surface area contributed by atoms with Gasteiger partial charge in [-0.1, -0.05) is 93.1 Å². The van der Waals surface area contributed by atoms with E-state index in [0.717, 1.165) is 24.5 Å². The molecule has 4 rings (SSSR count). The first-order valence-corrected chi connectivity index (χ1v) is 15.3. The molecule has 1 fully saturated rings. The minimum absolute atomic E-state index is 0.0400. The molecule has 34 heavy (non-hydrogen) atoms. The van der Waals surface area contributed by atoms with E-state index < -0.39 is 8.32 Å². The van der Waals surface area contributed by atoms with Crippen molar-refractivity contribution in [1.29, 1.82) is 0 Å². The van der Waals surface area contributed by atoms with Gasteiger partial charge in [0.05, 0.1) is 6.10 Å². The Labute approximate surface area is 208 Å². The Morgan fingerprint density at radius 3 is 2.21 bits per heavy atom. The number of rotatable bonds is 9. The van der Waals surface area contributed by atoms with Gasteiger partial charge in [-0.2, -0.15) is 0 Å². The molecular formula is C31H42O2Si. The molecule has 0 aromatic heterocycles. The highest BCUT2D eigenvalue weighted by atomic mass is 28.4. The number of hydrogen-bond acceptors (Lipinski definition) is 2. The quantitative estimate of drug-likeness (QED) is 0.226. The molecule has 0 radical (unpaired) electrons. The molecule has 2 aromatic carbocycles. The standard InChI is InChI=1S/C31H42O2Si/c1-31(2,3)34(28-16-6-4-7-17-28,29-18-8-5-9-19-29)33-27(23-24-32)22-21-26-15-12-14-25-13-10-11-20-30(25)26/h4-9,13,16-19,24,26-27,30H,10-12,14-15,20-23H2,1-3H3. The predicted molar refractivity (Wildman–Crippen MR) is 145 cm³/mol. The first kappa shape index (κ1) is 25.1. The highest BCUT2D eigenvalue weighted by molar-refractivity contribution is 6.99. The number of aldehydes is 1. The highest BCUT2D eigenvalue weighted by Gasteiger charge is 2.51. The molecule has 0 bridgehead atoms. The van der Waals surface area contributed by atoms with Gasteiger partial charge in [0.2, 0.25) is 0 Å². The number of fused-ring (bicyclic) bond motifs is 1. The normalized spacial score (nSPS) is 21.9. The Balaban J connectivity index is 1.63. The zero-order valence-corrected chi connectivity index (χ0v) is 22.3. The molecule has 1 saturated carbocycles. The molecule has 182 valence electrons. The van der Waals surface area contributed by atoms with Crippen LogP contribution in [0.15, 0.2) is 72.3 Å². The van der Waals surface area contributed by atoms with Crippen molar-refractivity contribution in [3.63, 3.8) is 0 Å². The number of hydrogen-bond donors (Lipinski definition) is 0. The van der Waals surface area contributed by atoms with Crippen molar-refractivity contribution < 1.29 is 9.22 Å². The fourth-order valence-corrected chi connectivity index (χ4v) is 11.3. The van der Waals surface area contributed by atoms with Crippen LogP contribution in [0.5, 0.6) is 0 Å². The van der Waals surface area contributed by atoms with Gasteiger partial charge >= 0.3 is 0 Å². The topological polar surface area (TPSA) is 26.3 Å². The van der Waals surface area contributed by atoms with Gasteiger partial charge in [0.25, 0.3) is 8.32 Å². The SMILES string of the molecule is CC(C)(C)[Si](OC(CC=O)CCC1CCCC2=CCCCC21)(c1ccccc1)c1ccccc1. The van der Waals surface area contributed by atoms with E-state index in [9.17, 15) is 4.79 Å². The van der Waals surface area contributed by atoms with E-state index in [-0.39, 0.29) is 11.1 Å². The smallest absolute Gasteiger partial charge is 0.261 e. The Kier molecular flexibility index (Phi) is 8.26. The van der Waals surface area contributed by atoms with E-state index in [1.54, 1.807) is 5.57 Å². The van der Waals surface area contributed by atoms with Crippen LogP contribution in [0.1, 0.15) is 78.6 Å². The summed E-state index contributed by atoms with van der Waals surface area (Å²) in [4.78, 5) is 11.8. The molecule has 3 unspecified atom stereocenters. The van der Waals surface area contributed by atoms with Gasteiger partial charge in [0, 0.05) is 6.42 Å². The van der Waals surface area contributed by atoms with E-state index in [4.69, 9.17) is 4.43 Å². The second kappa shape index (κ2) is 11.2. The number of benzene rings is 2. The van der Waals surface area contributed by atoms with Crippen molar-refractivity contribution in [2.75, 3.05) is 0 Å². The van der Waals surface area contributed by atoms with Crippen molar-refractivity contribution in [2.24, 2.45) is 11.8 Å². The van der Waals surface area contributed by atoms with E-state index in [0.29, 0.717) is 6.42 Å². The first-order valence-electron chi connectivity index (χ1n) is 13.4. The molecule has 2 aliphatic rings. The lowest BCUT2D eigenvalue weighted by molar-refractivity contribution is -0.109. The highest BCUT2D eigenvalue weighted by Crippen LogP contribution is 2.43. The average Bonchev–Trinajstić information content (AvgIpc) is 2.86. The molecule has 2 aliphatic carbocycles. The van der Waals surface area contributed by atoms with Gasteiger partial charge in [-0.3, -0.25) is 0 Å². The predicted octanol–water partition coefficient (Wildman–Crippen LogP) is 6.83. The maximum absolute atomic E-state index is 11.8. The number of allylic oxidation sites excluding steroid dienone is 2. The van der Waals surface area contributed by atoms with Crippen LogP contribution in [0, 0.1) is 11.8 Å². The van der Waals surface area contributed by atoms with E-state index in [2.05, 4.69) is 87.5 Å². The summed E-state index contributed by atoms with van der Waals surface area (Å²) >= 11 is 0. The molecule has 3 atom stereocenters. The molecular weight excluding hydrogens is 432 g/mol. The lowest BCUT2D eigenvalue weighted by Crippen LogP contribution is -2.67. The number of carbonyl (C=O) groups is 1. The largest absolute Gasteiger partial charge is 0.404 e. The van der Waals surface area contributed by atoms with Crippen LogP contribution in [-0.4, -0.2) is 20.7 Å². The van der Waals surface area contributed by atoms with Gasteiger partial charge in [-0.15, -0.1) is 0 Å². The molecule has 0 heterocycles. The third kappa shape index (κ3) is 5.31. The van der Waals surface area contributed by atoms with Crippen LogP contribution < -0.4 is 10.4 Å². The zero-order valence-electron chi connectivity index (χ0n) is 21.3. The average molecular weight is 475 g/mol. The van der Waals surface area contributed by atoms with Crippen LogP contribution in [-0.2, 0) is 9.22 Å². The molecule has 0 N–H and O–H groups in total. The van der Waals surface area contributed by atoms with E-state index in [1.807, 2.05) is 0 Å². The molecule has 2 nitrogen and oxygen atoms in total. The van der Waals surface area contributed by atoms with Crippen molar-refractivity contribution in [2.45, 2.75) is 89.7 Å². The summed E-state index contributed by atoms with van der Waals surface area (Å²) in [7, 11) is -2.64. The van der Waals surface area contributed by atoms with Gasteiger partial charge in [-0.05, 0) is 78.6 Å². The van der Waals surface area contributed by atoms with Crippen LogP contribution in [0.25, 0.3) is 0 Å². The second-order valence-electron chi connectivity index (χ2n) is 11.4. The minimum Gasteiger partial charge on any atom is -0.404 e. The van der Waals surface area contributed by atoms with Crippen molar-refractivity contribution in [1.82, 2.24) is 0 Å². The molecule has 0 amide bonds. The van der Waals surface area contributed by atoms with E-state index in [1.165, 1.54) is 55.3 Å². The van der Waals surface area contributed by atoms with Gasteiger partial charge in [-0.25, -0.2) is 0 Å². The van der Waals surface area contributed by atoms with Crippen LogP contribution in [0.3, 0.4) is 0 Å². The fourth-order valence-electron chi connectivity index (χ4n) is 6.58. The minimum atomic E-state index is -2.64. The zero-order chi connectivity index (χ0) is 24.0. The second-order valence-corrected chi connectivity index (χ2v) is 15.6.